The lowest BCUT2D eigenvalue weighted by molar-refractivity contribution is -0.124. The number of imidazole rings is 1. The summed E-state index contributed by atoms with van der Waals surface area (Å²) in [4.78, 5) is 31.8. The number of carbonyl (C=O) groups excluding carboxylic acids is 2. The van der Waals surface area contributed by atoms with Crippen LogP contribution in [0.2, 0.25) is 10.0 Å². The lowest BCUT2D eigenvalue weighted by atomic mass is 9.92. The minimum Gasteiger partial charge on any atom is -0.368 e. The van der Waals surface area contributed by atoms with Gasteiger partial charge in [0, 0.05) is 27.5 Å². The molecule has 194 valence electrons. The smallest absolute Gasteiger partial charge is 0.261 e. The summed E-state index contributed by atoms with van der Waals surface area (Å²) in [6.07, 6.45) is 2.22. The van der Waals surface area contributed by atoms with E-state index in [9.17, 15) is 18.0 Å². The van der Waals surface area contributed by atoms with Crippen LogP contribution in [-0.4, -0.2) is 46.7 Å². The number of carbonyl (C=O) groups is 2. The molecule has 2 atom stereocenters. The van der Waals surface area contributed by atoms with Crippen molar-refractivity contribution in [3.8, 4) is 0 Å². The Morgan fingerprint density at radius 2 is 1.84 bits per heavy atom. The molecule has 0 bridgehead atoms. The van der Waals surface area contributed by atoms with E-state index < -0.39 is 33.4 Å². The van der Waals surface area contributed by atoms with E-state index in [4.69, 9.17) is 28.9 Å². The van der Waals surface area contributed by atoms with E-state index >= 15 is 0 Å². The van der Waals surface area contributed by atoms with E-state index in [1.165, 1.54) is 21.7 Å². The molecule has 1 fully saturated rings. The first-order chi connectivity index (χ1) is 17.4. The normalized spacial score (nSPS) is 22.0. The van der Waals surface area contributed by atoms with Crippen LogP contribution in [0.5, 0.6) is 0 Å². The van der Waals surface area contributed by atoms with Crippen LogP contribution in [0, 0.1) is 0 Å². The highest BCUT2D eigenvalue weighted by atomic mass is 79.9. The molecule has 0 unspecified atom stereocenters. The third-order valence-corrected chi connectivity index (χ3v) is 9.58. The maximum atomic E-state index is 14.1. The van der Waals surface area contributed by atoms with Gasteiger partial charge in [0.15, 0.2) is 5.03 Å². The number of nitrogens with zero attached hydrogens (tertiary/aromatic N) is 4. The van der Waals surface area contributed by atoms with Gasteiger partial charge in [-0.25, -0.2) is 18.3 Å². The van der Waals surface area contributed by atoms with E-state index in [-0.39, 0.29) is 23.9 Å². The van der Waals surface area contributed by atoms with Gasteiger partial charge in [-0.3, -0.25) is 14.2 Å². The number of sulfonamides is 1. The molecule has 13 heteroatoms. The third-order valence-electron chi connectivity index (χ3n) is 6.74. The minimum absolute atomic E-state index is 0.108. The molecule has 9 nitrogen and oxygen atoms in total. The van der Waals surface area contributed by atoms with E-state index in [2.05, 4.69) is 20.9 Å². The Labute approximate surface area is 232 Å². The first kappa shape index (κ1) is 26.2. The van der Waals surface area contributed by atoms with Gasteiger partial charge < -0.3 is 5.73 Å². The summed E-state index contributed by atoms with van der Waals surface area (Å²) in [6.45, 7) is 1.81. The molecule has 2 aliphatic rings. The number of rotatable bonds is 6. The molecule has 5 rings (SSSR count). The summed E-state index contributed by atoms with van der Waals surface area (Å²) in [5.41, 5.74) is 5.30. The van der Waals surface area contributed by atoms with Crippen molar-refractivity contribution in [2.45, 2.75) is 42.8 Å². The zero-order chi connectivity index (χ0) is 26.7. The van der Waals surface area contributed by atoms with Gasteiger partial charge in [-0.2, -0.15) is 4.31 Å². The fraction of sp³-hybridized carbons (Fsp3) is 0.292. The molecule has 0 radical (unpaired) electrons. The van der Waals surface area contributed by atoms with Crippen molar-refractivity contribution < 1.29 is 18.0 Å². The average molecular weight is 627 g/mol. The minimum atomic E-state index is -4.24. The molecule has 1 aromatic heterocycles. The average Bonchev–Trinajstić information content (AvgIpc) is 3.52. The molecule has 2 aliphatic heterocycles. The van der Waals surface area contributed by atoms with Crippen molar-refractivity contribution in [2.75, 3.05) is 11.4 Å². The number of hydrogen-bond donors (Lipinski definition) is 1. The van der Waals surface area contributed by atoms with Gasteiger partial charge in [0.05, 0.1) is 11.9 Å². The van der Waals surface area contributed by atoms with Crippen LogP contribution in [0.25, 0.3) is 0 Å². The number of hydrogen-bond acceptors (Lipinski definition) is 5. The van der Waals surface area contributed by atoms with Gasteiger partial charge in [-0.05, 0) is 55.7 Å². The molecule has 0 aliphatic carbocycles. The number of benzene rings is 2. The van der Waals surface area contributed by atoms with Gasteiger partial charge in [-0.15, -0.1) is 0 Å². The summed E-state index contributed by atoms with van der Waals surface area (Å²) in [7, 11) is -4.24. The van der Waals surface area contributed by atoms with Crippen LogP contribution >= 0.6 is 39.1 Å². The van der Waals surface area contributed by atoms with Crippen molar-refractivity contribution in [2.24, 2.45) is 5.73 Å². The van der Waals surface area contributed by atoms with Crippen molar-refractivity contribution >= 4 is 72.6 Å². The molecule has 2 N–H and O–H groups in total. The van der Waals surface area contributed by atoms with Gasteiger partial charge in [-0.1, -0.05) is 51.3 Å². The standard InChI is InChI=1S/C24H22BrCl2N5O4S/c1-24(12-14-4-6-15(25)7-5-14)22(34)31(18-10-16(26)9-17(27)11-18)23-29-13-20(32(23)24)37(35,36)30-8-2-3-19(30)21(28)33/h4-7,9-11,13,19H,2-3,8,12H2,1H3,(H2,28,33)/t19-,24+/m0/s1. The van der Waals surface area contributed by atoms with Crippen LogP contribution in [0.1, 0.15) is 25.3 Å². The number of halogens is 3. The topological polar surface area (TPSA) is 119 Å². The fourth-order valence-electron chi connectivity index (χ4n) is 5.05. The zero-order valence-corrected chi connectivity index (χ0v) is 23.5. The Balaban J connectivity index is 1.70. The van der Waals surface area contributed by atoms with Gasteiger partial charge in [0.25, 0.3) is 15.9 Å². The van der Waals surface area contributed by atoms with Gasteiger partial charge >= 0.3 is 0 Å². The highest BCUT2D eigenvalue weighted by molar-refractivity contribution is 9.10. The lowest BCUT2D eigenvalue weighted by Crippen LogP contribution is -2.46. The molecule has 0 spiro atoms. The Kier molecular flexibility index (Phi) is 6.64. The molecule has 37 heavy (non-hydrogen) atoms. The summed E-state index contributed by atoms with van der Waals surface area (Å²) in [5, 5.41) is 0.424. The number of amides is 2. The van der Waals surface area contributed by atoms with E-state index in [0.717, 1.165) is 14.3 Å². The van der Waals surface area contributed by atoms with Crippen LogP contribution in [0.4, 0.5) is 11.6 Å². The summed E-state index contributed by atoms with van der Waals surface area (Å²) in [5.74, 6) is -1.01. The number of aromatic nitrogens is 2. The van der Waals surface area contributed by atoms with Crippen LogP contribution in [0.3, 0.4) is 0 Å². The predicted octanol–water partition coefficient (Wildman–Crippen LogP) is 4.23. The van der Waals surface area contributed by atoms with Gasteiger partial charge in [0.2, 0.25) is 11.9 Å². The van der Waals surface area contributed by atoms with Crippen molar-refractivity contribution in [1.29, 1.82) is 0 Å². The molecule has 3 heterocycles. The molecular formula is C24H22BrCl2N5O4S. The molecule has 2 amide bonds. The van der Waals surface area contributed by atoms with Crippen molar-refractivity contribution in [3.05, 3.63) is 68.7 Å². The second-order valence-electron chi connectivity index (χ2n) is 9.25. The Hall–Kier alpha value is -2.44. The highest BCUT2D eigenvalue weighted by Gasteiger charge is 2.53. The number of fused-ring (bicyclic) bond motifs is 1. The summed E-state index contributed by atoms with van der Waals surface area (Å²) < 4.78 is 31.2. The van der Waals surface area contributed by atoms with E-state index in [0.29, 0.717) is 28.6 Å². The van der Waals surface area contributed by atoms with Gasteiger partial charge in [0.1, 0.15) is 11.6 Å². The molecule has 0 saturated carbocycles. The fourth-order valence-corrected chi connectivity index (χ4v) is 7.68. The number of nitrogens with two attached hydrogens (primary N) is 1. The summed E-state index contributed by atoms with van der Waals surface area (Å²) >= 11 is 15.9. The monoisotopic (exact) mass is 625 g/mol. The quantitative estimate of drug-likeness (QED) is 0.439. The third kappa shape index (κ3) is 4.36. The molecular weight excluding hydrogens is 605 g/mol. The maximum absolute atomic E-state index is 14.1. The molecule has 3 aromatic rings. The van der Waals surface area contributed by atoms with Crippen molar-refractivity contribution in [1.82, 2.24) is 13.9 Å². The number of anilines is 2. The zero-order valence-electron chi connectivity index (χ0n) is 19.6. The SMILES string of the molecule is C[C@@]1(Cc2ccc(Br)cc2)C(=O)N(c2cc(Cl)cc(Cl)c2)c2ncc(S(=O)(=O)N3CCC[C@H]3C(N)=O)n21. The van der Waals surface area contributed by atoms with Crippen LogP contribution in [-0.2, 0) is 31.6 Å². The first-order valence-corrected chi connectivity index (χ1v) is 14.4. The Bertz CT molecular complexity index is 1510. The second-order valence-corrected chi connectivity index (χ2v) is 12.9. The largest absolute Gasteiger partial charge is 0.368 e. The lowest BCUT2D eigenvalue weighted by Gasteiger charge is -2.28. The number of primary amides is 1. The molecule has 1 saturated heterocycles. The predicted molar refractivity (Wildman–Crippen MR) is 143 cm³/mol. The first-order valence-electron chi connectivity index (χ1n) is 11.4. The molecule has 2 aromatic carbocycles. The Morgan fingerprint density at radius 3 is 2.46 bits per heavy atom. The highest BCUT2D eigenvalue weighted by Crippen LogP contribution is 2.45. The second kappa shape index (κ2) is 9.39. The van der Waals surface area contributed by atoms with Crippen LogP contribution in [0.15, 0.2) is 58.2 Å². The maximum Gasteiger partial charge on any atom is 0.261 e. The summed E-state index contributed by atoms with van der Waals surface area (Å²) in [6, 6.07) is 11.1. The van der Waals surface area contributed by atoms with Crippen LogP contribution < -0.4 is 10.6 Å². The van der Waals surface area contributed by atoms with Crippen molar-refractivity contribution in [3.63, 3.8) is 0 Å². The van der Waals surface area contributed by atoms with E-state index in [1.54, 1.807) is 19.1 Å². The Morgan fingerprint density at radius 1 is 1.19 bits per heavy atom. The van der Waals surface area contributed by atoms with E-state index in [1.807, 2.05) is 24.3 Å².